The molecular formula is C23H25N3. The van der Waals surface area contributed by atoms with Crippen molar-refractivity contribution in [3.8, 4) is 0 Å². The van der Waals surface area contributed by atoms with Crippen LogP contribution < -0.4 is 0 Å². The molecule has 3 heteroatoms. The van der Waals surface area contributed by atoms with Gasteiger partial charge in [0.05, 0.1) is 11.2 Å². The summed E-state index contributed by atoms with van der Waals surface area (Å²) in [6.07, 6.45) is 11.0. The quantitative estimate of drug-likeness (QED) is 0.688. The van der Waals surface area contributed by atoms with Crippen molar-refractivity contribution in [2.75, 3.05) is 13.1 Å². The summed E-state index contributed by atoms with van der Waals surface area (Å²) in [6, 6.07) is 13.6. The monoisotopic (exact) mass is 343 g/mol. The molecule has 0 spiro atoms. The maximum atomic E-state index is 4.65. The lowest BCUT2D eigenvalue weighted by molar-refractivity contribution is 0.129. The number of allylic oxidation sites excluding steroid dienone is 1. The number of hydrogen-bond donors (Lipinski definition) is 0. The van der Waals surface area contributed by atoms with Crippen LogP contribution in [0.25, 0.3) is 17.0 Å². The van der Waals surface area contributed by atoms with Crippen molar-refractivity contribution < 1.29 is 0 Å². The third-order valence-electron chi connectivity index (χ3n) is 6.08. The highest BCUT2D eigenvalue weighted by Gasteiger charge is 2.29. The fraction of sp³-hybridized carbons (Fsp3) is 0.348. The Morgan fingerprint density at radius 2 is 2.04 bits per heavy atom. The Labute approximate surface area is 155 Å². The van der Waals surface area contributed by atoms with Gasteiger partial charge in [0, 0.05) is 48.9 Å². The molecule has 0 unspecified atom stereocenters. The number of pyridine rings is 1. The summed E-state index contributed by atoms with van der Waals surface area (Å²) in [7, 11) is 0. The van der Waals surface area contributed by atoms with Gasteiger partial charge >= 0.3 is 0 Å². The molecule has 3 aromatic rings. The van der Waals surface area contributed by atoms with Gasteiger partial charge in [-0.25, -0.2) is 0 Å². The summed E-state index contributed by atoms with van der Waals surface area (Å²) in [6.45, 7) is 5.75. The molecule has 2 aromatic heterocycles. The lowest BCUT2D eigenvalue weighted by Crippen LogP contribution is -2.40. The molecule has 0 amide bonds. The summed E-state index contributed by atoms with van der Waals surface area (Å²) < 4.78 is 2.54. The van der Waals surface area contributed by atoms with Gasteiger partial charge in [-0.2, -0.15) is 0 Å². The lowest BCUT2D eigenvalue weighted by Gasteiger charge is -2.38. The second kappa shape index (κ2) is 6.40. The van der Waals surface area contributed by atoms with Crippen molar-refractivity contribution in [3.63, 3.8) is 0 Å². The first-order chi connectivity index (χ1) is 12.8. The van der Waals surface area contributed by atoms with Crippen molar-refractivity contribution in [1.29, 1.82) is 0 Å². The maximum Gasteiger partial charge on any atom is 0.0591 e. The van der Waals surface area contributed by atoms with Gasteiger partial charge in [0.15, 0.2) is 0 Å². The van der Waals surface area contributed by atoms with Crippen LogP contribution in [0.4, 0.5) is 0 Å². The van der Waals surface area contributed by atoms with Crippen LogP contribution >= 0.6 is 0 Å². The van der Waals surface area contributed by atoms with Gasteiger partial charge in [-0.15, -0.1) is 0 Å². The molecule has 5 rings (SSSR count). The van der Waals surface area contributed by atoms with E-state index < -0.39 is 0 Å². The number of hydrogen-bond acceptors (Lipinski definition) is 2. The zero-order chi connectivity index (χ0) is 17.5. The van der Waals surface area contributed by atoms with Crippen molar-refractivity contribution in [2.45, 2.75) is 32.4 Å². The van der Waals surface area contributed by atoms with Crippen molar-refractivity contribution in [1.82, 2.24) is 14.5 Å². The van der Waals surface area contributed by atoms with Gasteiger partial charge in [0.2, 0.25) is 0 Å². The minimum Gasteiger partial charge on any atom is -0.342 e. The summed E-state index contributed by atoms with van der Waals surface area (Å²) in [5, 5.41) is 1.27. The molecule has 3 nitrogen and oxygen atoms in total. The van der Waals surface area contributed by atoms with E-state index in [0.717, 1.165) is 19.5 Å². The molecule has 1 aliphatic heterocycles. The summed E-state index contributed by atoms with van der Waals surface area (Å²) in [5.41, 5.74) is 5.34. The van der Waals surface area contributed by atoms with Crippen LogP contribution in [-0.4, -0.2) is 27.5 Å². The first-order valence-corrected chi connectivity index (χ1v) is 9.71. The van der Waals surface area contributed by atoms with Gasteiger partial charge in [-0.05, 0) is 30.5 Å². The Morgan fingerprint density at radius 1 is 1.15 bits per heavy atom. The fourth-order valence-corrected chi connectivity index (χ4v) is 4.58. The van der Waals surface area contributed by atoms with Gasteiger partial charge in [-0.1, -0.05) is 49.4 Å². The molecule has 0 bridgehead atoms. The second-order valence-corrected chi connectivity index (χ2v) is 7.81. The number of rotatable bonds is 3. The molecule has 132 valence electrons. The van der Waals surface area contributed by atoms with Crippen LogP contribution in [0.3, 0.4) is 0 Å². The number of piperidine rings is 1. The molecule has 1 fully saturated rings. The summed E-state index contributed by atoms with van der Waals surface area (Å²) >= 11 is 0. The van der Waals surface area contributed by atoms with E-state index in [2.05, 4.69) is 76.1 Å². The van der Waals surface area contributed by atoms with E-state index in [1.165, 1.54) is 40.7 Å². The first kappa shape index (κ1) is 15.8. The van der Waals surface area contributed by atoms with Crippen LogP contribution in [-0.2, 0) is 13.0 Å². The third-order valence-corrected chi connectivity index (χ3v) is 6.08. The number of aromatic nitrogens is 2. The molecule has 2 atom stereocenters. The van der Waals surface area contributed by atoms with E-state index in [1.807, 2.05) is 6.20 Å². The molecule has 3 heterocycles. The van der Waals surface area contributed by atoms with Crippen LogP contribution in [0.15, 0.2) is 54.9 Å². The first-order valence-electron chi connectivity index (χ1n) is 9.71. The molecule has 1 saturated heterocycles. The normalized spacial score (nSPS) is 22.8. The Bertz CT molecular complexity index is 954. The summed E-state index contributed by atoms with van der Waals surface area (Å²) in [5.74, 6) is 0.687. The van der Waals surface area contributed by atoms with Gasteiger partial charge < -0.3 is 4.57 Å². The predicted molar refractivity (Wildman–Crippen MR) is 107 cm³/mol. The zero-order valence-corrected chi connectivity index (χ0v) is 15.3. The molecular weight excluding hydrogens is 318 g/mol. The van der Waals surface area contributed by atoms with Crippen LogP contribution in [0.2, 0.25) is 0 Å². The minimum atomic E-state index is 0.519. The van der Waals surface area contributed by atoms with Crippen molar-refractivity contribution in [2.24, 2.45) is 5.92 Å². The molecule has 0 saturated carbocycles. The number of nitrogens with zero attached hydrogens (tertiary/aromatic N) is 3. The average molecular weight is 343 g/mol. The smallest absolute Gasteiger partial charge is 0.0591 e. The van der Waals surface area contributed by atoms with Crippen LogP contribution in [0.5, 0.6) is 0 Å². The van der Waals surface area contributed by atoms with E-state index in [4.69, 9.17) is 0 Å². The lowest BCUT2D eigenvalue weighted by atomic mass is 9.92. The zero-order valence-electron chi connectivity index (χ0n) is 15.3. The Morgan fingerprint density at radius 3 is 2.92 bits per heavy atom. The van der Waals surface area contributed by atoms with Crippen molar-refractivity contribution >= 4 is 17.0 Å². The molecule has 2 aliphatic rings. The van der Waals surface area contributed by atoms with Gasteiger partial charge in [0.25, 0.3) is 0 Å². The Balaban J connectivity index is 1.48. The molecule has 26 heavy (non-hydrogen) atoms. The number of benzene rings is 1. The SMILES string of the molecule is C[C@H]1CCN(Cc2ccccc2)C[C@H]1n1ccc2cnc3c(c21)C=CC3. The highest BCUT2D eigenvalue weighted by Crippen LogP contribution is 2.35. The number of fused-ring (bicyclic) bond motifs is 3. The Hall–Kier alpha value is -2.39. The van der Waals surface area contributed by atoms with E-state index >= 15 is 0 Å². The van der Waals surface area contributed by atoms with Crippen LogP contribution in [0, 0.1) is 5.92 Å². The molecule has 0 N–H and O–H groups in total. The van der Waals surface area contributed by atoms with E-state index in [1.54, 1.807) is 0 Å². The number of likely N-dealkylation sites (tertiary alicyclic amines) is 1. The molecule has 1 aliphatic carbocycles. The standard InChI is InChI=1S/C23H25N3/c1-17-10-12-25(15-18-6-3-2-4-7-18)16-22(17)26-13-11-19-14-24-21-9-5-8-20(21)23(19)26/h2-8,11,13-14,17,22H,9-10,12,15-16H2,1H3/t17-,22+/m0/s1. The largest absolute Gasteiger partial charge is 0.342 e. The van der Waals surface area contributed by atoms with Gasteiger partial charge in [-0.3, -0.25) is 9.88 Å². The summed E-state index contributed by atoms with van der Waals surface area (Å²) in [4.78, 5) is 7.26. The highest BCUT2D eigenvalue weighted by molar-refractivity contribution is 5.90. The third kappa shape index (κ3) is 2.67. The predicted octanol–water partition coefficient (Wildman–Crippen LogP) is 4.69. The average Bonchev–Trinajstić information content (AvgIpc) is 3.30. The Kier molecular flexibility index (Phi) is 3.90. The maximum absolute atomic E-state index is 4.65. The van der Waals surface area contributed by atoms with Crippen molar-refractivity contribution in [3.05, 3.63) is 71.7 Å². The van der Waals surface area contributed by atoms with E-state index in [-0.39, 0.29) is 0 Å². The second-order valence-electron chi connectivity index (χ2n) is 7.81. The van der Waals surface area contributed by atoms with Crippen LogP contribution in [0.1, 0.15) is 36.2 Å². The highest BCUT2D eigenvalue weighted by atomic mass is 15.2. The van der Waals surface area contributed by atoms with Gasteiger partial charge in [0.1, 0.15) is 0 Å². The molecule has 0 radical (unpaired) electrons. The molecule has 1 aromatic carbocycles. The van der Waals surface area contributed by atoms with E-state index in [9.17, 15) is 0 Å². The minimum absolute atomic E-state index is 0.519. The van der Waals surface area contributed by atoms with E-state index in [0.29, 0.717) is 12.0 Å². The fourth-order valence-electron chi connectivity index (χ4n) is 4.58. The topological polar surface area (TPSA) is 21.1 Å².